The fourth-order valence-electron chi connectivity index (χ4n) is 2.05. The van der Waals surface area contributed by atoms with E-state index in [-0.39, 0.29) is 6.10 Å². The molecule has 0 radical (unpaired) electrons. The number of benzene rings is 1. The van der Waals surface area contributed by atoms with E-state index in [1.54, 1.807) is 7.11 Å². The molecule has 2 heteroatoms. The van der Waals surface area contributed by atoms with Gasteiger partial charge in [0.05, 0.1) is 13.2 Å². The van der Waals surface area contributed by atoms with Crippen LogP contribution in [-0.2, 0) is 0 Å². The number of rotatable bonds is 6. The lowest BCUT2D eigenvalue weighted by atomic mass is 9.94. The summed E-state index contributed by atoms with van der Waals surface area (Å²) >= 11 is 0. The van der Waals surface area contributed by atoms with Crippen LogP contribution in [0.5, 0.6) is 11.5 Å². The van der Waals surface area contributed by atoms with Crippen molar-refractivity contribution in [2.24, 2.45) is 0 Å². The summed E-state index contributed by atoms with van der Waals surface area (Å²) in [6.07, 6.45) is 2.48. The second kappa shape index (κ2) is 6.53. The summed E-state index contributed by atoms with van der Waals surface area (Å²) in [6, 6.07) is 6.28. The van der Waals surface area contributed by atoms with Crippen LogP contribution in [0, 0.1) is 0 Å². The molecular weight excluding hydrogens is 212 g/mol. The molecule has 0 unspecified atom stereocenters. The van der Waals surface area contributed by atoms with E-state index in [2.05, 4.69) is 26.0 Å². The molecule has 0 aromatic heterocycles. The highest BCUT2D eigenvalue weighted by Gasteiger charge is 2.12. The highest BCUT2D eigenvalue weighted by Crippen LogP contribution is 2.33. The van der Waals surface area contributed by atoms with Crippen molar-refractivity contribution < 1.29 is 9.47 Å². The fraction of sp³-hybridized carbons (Fsp3) is 0.600. The number of hydrogen-bond donors (Lipinski definition) is 0. The summed E-state index contributed by atoms with van der Waals surface area (Å²) in [4.78, 5) is 0. The van der Waals surface area contributed by atoms with Gasteiger partial charge in [-0.15, -0.1) is 0 Å². The minimum Gasteiger partial charge on any atom is -0.493 e. The van der Waals surface area contributed by atoms with Gasteiger partial charge in [0.2, 0.25) is 0 Å². The van der Waals surface area contributed by atoms with E-state index < -0.39 is 0 Å². The Balaban J connectivity index is 2.99. The van der Waals surface area contributed by atoms with Crippen LogP contribution in [-0.4, -0.2) is 13.2 Å². The van der Waals surface area contributed by atoms with Gasteiger partial charge in [0.1, 0.15) is 0 Å². The summed E-state index contributed by atoms with van der Waals surface area (Å²) in [6.45, 7) is 8.49. The lowest BCUT2D eigenvalue weighted by molar-refractivity contribution is 0.230. The zero-order valence-corrected chi connectivity index (χ0v) is 11.6. The van der Waals surface area contributed by atoms with E-state index >= 15 is 0 Å². The number of methoxy groups -OCH3 is 1. The Hall–Kier alpha value is -1.18. The Morgan fingerprint density at radius 3 is 2.18 bits per heavy atom. The Morgan fingerprint density at radius 2 is 1.71 bits per heavy atom. The van der Waals surface area contributed by atoms with E-state index in [9.17, 15) is 0 Å². The first-order valence-corrected chi connectivity index (χ1v) is 6.46. The quantitative estimate of drug-likeness (QED) is 0.729. The average Bonchev–Trinajstić information content (AvgIpc) is 2.31. The third kappa shape index (κ3) is 3.65. The zero-order chi connectivity index (χ0) is 12.8. The Kier molecular flexibility index (Phi) is 5.33. The van der Waals surface area contributed by atoms with Crippen molar-refractivity contribution in [1.29, 1.82) is 0 Å². The standard InChI is InChI=1S/C15H24O2/c1-6-12(7-2)13-8-9-14(17-11(3)4)15(10-13)16-5/h8-12H,6-7H2,1-5H3. The SMILES string of the molecule is CCC(CC)c1ccc(OC(C)C)c(OC)c1. The molecule has 0 aliphatic carbocycles. The molecule has 0 N–H and O–H groups in total. The van der Waals surface area contributed by atoms with Crippen molar-refractivity contribution in [2.45, 2.75) is 52.6 Å². The summed E-state index contributed by atoms with van der Waals surface area (Å²) in [5, 5.41) is 0. The molecule has 0 atom stereocenters. The Labute approximate surface area is 105 Å². The smallest absolute Gasteiger partial charge is 0.161 e. The summed E-state index contributed by atoms with van der Waals surface area (Å²) in [5.41, 5.74) is 1.34. The van der Waals surface area contributed by atoms with E-state index in [1.807, 2.05) is 19.9 Å². The summed E-state index contributed by atoms with van der Waals surface area (Å²) in [7, 11) is 1.69. The van der Waals surface area contributed by atoms with Crippen LogP contribution in [0.3, 0.4) is 0 Å². The predicted molar refractivity (Wildman–Crippen MR) is 72.1 cm³/mol. The van der Waals surface area contributed by atoms with E-state index in [0.29, 0.717) is 5.92 Å². The molecule has 0 aliphatic heterocycles. The number of hydrogen-bond acceptors (Lipinski definition) is 2. The van der Waals surface area contributed by atoms with Gasteiger partial charge >= 0.3 is 0 Å². The Bertz CT molecular complexity index is 341. The van der Waals surface area contributed by atoms with Gasteiger partial charge in [-0.25, -0.2) is 0 Å². The predicted octanol–water partition coefficient (Wildman–Crippen LogP) is 4.39. The van der Waals surface area contributed by atoms with Gasteiger partial charge in [-0.05, 0) is 50.3 Å². The van der Waals surface area contributed by atoms with Crippen molar-refractivity contribution in [3.63, 3.8) is 0 Å². The van der Waals surface area contributed by atoms with Crippen LogP contribution >= 0.6 is 0 Å². The van der Waals surface area contributed by atoms with Gasteiger partial charge in [-0.2, -0.15) is 0 Å². The normalized spacial score (nSPS) is 11.0. The van der Waals surface area contributed by atoms with Crippen LogP contribution in [0.15, 0.2) is 18.2 Å². The minimum absolute atomic E-state index is 0.169. The van der Waals surface area contributed by atoms with Gasteiger partial charge in [-0.1, -0.05) is 19.9 Å². The molecule has 0 saturated carbocycles. The topological polar surface area (TPSA) is 18.5 Å². The molecule has 17 heavy (non-hydrogen) atoms. The van der Waals surface area contributed by atoms with Gasteiger partial charge in [-0.3, -0.25) is 0 Å². The van der Waals surface area contributed by atoms with Crippen molar-refractivity contribution in [3.05, 3.63) is 23.8 Å². The monoisotopic (exact) mass is 236 g/mol. The molecular formula is C15H24O2. The van der Waals surface area contributed by atoms with E-state index in [1.165, 1.54) is 5.56 Å². The molecule has 0 amide bonds. The van der Waals surface area contributed by atoms with Gasteiger partial charge in [0.15, 0.2) is 11.5 Å². The molecule has 0 aliphatic rings. The highest BCUT2D eigenvalue weighted by atomic mass is 16.5. The fourth-order valence-corrected chi connectivity index (χ4v) is 2.05. The van der Waals surface area contributed by atoms with Crippen LogP contribution < -0.4 is 9.47 Å². The van der Waals surface area contributed by atoms with Crippen molar-refractivity contribution >= 4 is 0 Å². The van der Waals surface area contributed by atoms with Crippen molar-refractivity contribution in [1.82, 2.24) is 0 Å². The molecule has 0 bridgehead atoms. The molecule has 1 aromatic rings. The lowest BCUT2D eigenvalue weighted by Crippen LogP contribution is -2.07. The van der Waals surface area contributed by atoms with E-state index in [4.69, 9.17) is 9.47 Å². The first-order valence-electron chi connectivity index (χ1n) is 6.46. The lowest BCUT2D eigenvalue weighted by Gasteiger charge is -2.17. The van der Waals surface area contributed by atoms with Crippen LogP contribution in [0.25, 0.3) is 0 Å². The second-order valence-electron chi connectivity index (χ2n) is 4.59. The molecule has 1 rings (SSSR count). The zero-order valence-electron chi connectivity index (χ0n) is 11.6. The highest BCUT2D eigenvalue weighted by molar-refractivity contribution is 5.44. The maximum atomic E-state index is 5.71. The summed E-state index contributed by atoms with van der Waals surface area (Å²) < 4.78 is 11.1. The molecule has 0 spiro atoms. The molecule has 0 fully saturated rings. The largest absolute Gasteiger partial charge is 0.493 e. The van der Waals surface area contributed by atoms with Gasteiger partial charge < -0.3 is 9.47 Å². The van der Waals surface area contributed by atoms with Crippen molar-refractivity contribution in [2.75, 3.05) is 7.11 Å². The number of ether oxygens (including phenoxy) is 2. The van der Waals surface area contributed by atoms with Crippen molar-refractivity contribution in [3.8, 4) is 11.5 Å². The van der Waals surface area contributed by atoms with Gasteiger partial charge in [0.25, 0.3) is 0 Å². The average molecular weight is 236 g/mol. The van der Waals surface area contributed by atoms with E-state index in [0.717, 1.165) is 24.3 Å². The molecule has 0 heterocycles. The van der Waals surface area contributed by atoms with Crippen LogP contribution in [0.1, 0.15) is 52.0 Å². The maximum Gasteiger partial charge on any atom is 0.161 e. The molecule has 1 aromatic carbocycles. The third-order valence-corrected chi connectivity index (χ3v) is 3.01. The molecule has 0 saturated heterocycles. The molecule has 2 nitrogen and oxygen atoms in total. The minimum atomic E-state index is 0.169. The maximum absolute atomic E-state index is 5.71. The first kappa shape index (κ1) is 13.9. The first-order chi connectivity index (χ1) is 8.12. The Morgan fingerprint density at radius 1 is 1.06 bits per heavy atom. The molecule has 96 valence electrons. The van der Waals surface area contributed by atoms with Crippen LogP contribution in [0.4, 0.5) is 0 Å². The van der Waals surface area contributed by atoms with Gasteiger partial charge in [0, 0.05) is 0 Å². The summed E-state index contributed by atoms with van der Waals surface area (Å²) in [5.74, 6) is 2.28. The van der Waals surface area contributed by atoms with Crippen LogP contribution in [0.2, 0.25) is 0 Å². The third-order valence-electron chi connectivity index (χ3n) is 3.01. The second-order valence-corrected chi connectivity index (χ2v) is 4.59.